The first-order valence-electron chi connectivity index (χ1n) is 6.34. The van der Waals surface area contributed by atoms with Crippen molar-refractivity contribution >= 4 is 31.4 Å². The molecule has 0 aliphatic carbocycles. The number of nitrogen functional groups attached to an aromatic ring is 1. The second kappa shape index (κ2) is 7.16. The van der Waals surface area contributed by atoms with Gasteiger partial charge < -0.3 is 0 Å². The fourth-order valence-electron chi connectivity index (χ4n) is 1.93. The standard InChI is InChI=1S/C16H19FNSSe/c1-20(2)11-13-5-3-4-6-15(13)19-16-8-7-12(10-17)9-14(16)18/h3-9H,10-11,18H2,1-2H3/q+1. The zero-order valence-corrected chi connectivity index (χ0v) is 14.3. The normalized spacial score (nSPS) is 11.0. The fraction of sp³-hybridized carbons (Fsp3) is 0.250. The van der Waals surface area contributed by atoms with E-state index >= 15 is 0 Å². The van der Waals surface area contributed by atoms with E-state index in [1.165, 1.54) is 15.8 Å². The van der Waals surface area contributed by atoms with Crippen LogP contribution in [0.2, 0.25) is 11.6 Å². The van der Waals surface area contributed by atoms with Crippen LogP contribution in [0, 0.1) is 0 Å². The molecule has 0 spiro atoms. The zero-order valence-electron chi connectivity index (χ0n) is 11.7. The van der Waals surface area contributed by atoms with Gasteiger partial charge in [0.2, 0.25) is 0 Å². The average molecular weight is 355 g/mol. The topological polar surface area (TPSA) is 26.0 Å². The Morgan fingerprint density at radius 3 is 2.50 bits per heavy atom. The molecule has 0 aliphatic heterocycles. The molecule has 0 fully saturated rings. The monoisotopic (exact) mass is 356 g/mol. The van der Waals surface area contributed by atoms with Crippen molar-refractivity contribution in [3.63, 3.8) is 0 Å². The van der Waals surface area contributed by atoms with Crippen molar-refractivity contribution in [3.05, 3.63) is 53.6 Å². The number of hydrogen-bond acceptors (Lipinski definition) is 2. The summed E-state index contributed by atoms with van der Waals surface area (Å²) in [6.07, 6.45) is 0. The molecule has 2 aromatic carbocycles. The van der Waals surface area contributed by atoms with Crippen molar-refractivity contribution in [3.8, 4) is 0 Å². The minimum absolute atomic E-state index is 0.468. The third-order valence-corrected chi connectivity index (χ3v) is 5.94. The van der Waals surface area contributed by atoms with E-state index in [0.717, 1.165) is 4.90 Å². The molecular weight excluding hydrogens is 336 g/mol. The fourth-order valence-corrected chi connectivity index (χ4v) is 4.93. The van der Waals surface area contributed by atoms with Gasteiger partial charge in [-0.2, -0.15) is 0 Å². The maximum absolute atomic E-state index is 12.6. The molecule has 0 aliphatic rings. The van der Waals surface area contributed by atoms with Crippen LogP contribution in [0.4, 0.5) is 10.1 Å². The van der Waals surface area contributed by atoms with E-state index in [1.807, 2.05) is 6.07 Å². The summed E-state index contributed by atoms with van der Waals surface area (Å²) in [6, 6.07) is 13.9. The predicted octanol–water partition coefficient (Wildman–Crippen LogP) is 4.73. The zero-order chi connectivity index (χ0) is 14.5. The Morgan fingerprint density at radius 2 is 1.85 bits per heavy atom. The van der Waals surface area contributed by atoms with Crippen molar-refractivity contribution in [2.75, 3.05) is 5.73 Å². The summed E-state index contributed by atoms with van der Waals surface area (Å²) >= 11 is 1.15. The summed E-state index contributed by atoms with van der Waals surface area (Å²) in [4.78, 5) is 2.25. The summed E-state index contributed by atoms with van der Waals surface area (Å²) in [7, 11) is 0. The molecule has 0 saturated heterocycles. The number of nitrogens with two attached hydrogens (primary N) is 1. The van der Waals surface area contributed by atoms with Gasteiger partial charge >= 0.3 is 128 Å². The van der Waals surface area contributed by atoms with E-state index in [-0.39, 0.29) is 0 Å². The number of halogens is 1. The summed E-state index contributed by atoms with van der Waals surface area (Å²) in [5, 5.41) is 1.17. The Kier molecular flexibility index (Phi) is 5.53. The predicted molar refractivity (Wildman–Crippen MR) is 87.4 cm³/mol. The van der Waals surface area contributed by atoms with Crippen LogP contribution in [-0.2, 0) is 12.0 Å². The van der Waals surface area contributed by atoms with Crippen molar-refractivity contribution in [2.45, 2.75) is 33.4 Å². The average Bonchev–Trinajstić information content (AvgIpc) is 2.42. The Bertz CT molecular complexity index is 586. The van der Waals surface area contributed by atoms with Crippen molar-refractivity contribution in [1.29, 1.82) is 0 Å². The minimum atomic E-state index is -0.526. The van der Waals surface area contributed by atoms with Crippen LogP contribution in [0.5, 0.6) is 0 Å². The van der Waals surface area contributed by atoms with E-state index in [1.54, 1.807) is 23.9 Å². The number of anilines is 1. The molecule has 0 radical (unpaired) electrons. The van der Waals surface area contributed by atoms with Crippen molar-refractivity contribution in [1.82, 2.24) is 0 Å². The van der Waals surface area contributed by atoms with Gasteiger partial charge in [-0.05, 0) is 0 Å². The van der Waals surface area contributed by atoms with Gasteiger partial charge in [0.1, 0.15) is 0 Å². The maximum atomic E-state index is 12.6. The van der Waals surface area contributed by atoms with Crippen LogP contribution in [0.1, 0.15) is 11.1 Å². The first-order valence-corrected chi connectivity index (χ1v) is 11.8. The van der Waals surface area contributed by atoms with Crippen LogP contribution in [-0.4, -0.2) is 13.9 Å². The van der Waals surface area contributed by atoms with E-state index in [0.29, 0.717) is 11.3 Å². The second-order valence-electron chi connectivity index (χ2n) is 4.85. The molecule has 2 rings (SSSR count). The Hall–Kier alpha value is -0.961. The third-order valence-electron chi connectivity index (χ3n) is 2.87. The quantitative estimate of drug-likeness (QED) is 0.620. The molecule has 0 heterocycles. The number of benzene rings is 2. The SMILES string of the molecule is C[Se+](C)Cc1ccccc1Sc1ccc(CF)cc1N. The summed E-state index contributed by atoms with van der Waals surface area (Å²) in [5.74, 6) is 4.68. The number of hydrogen-bond donors (Lipinski definition) is 1. The van der Waals surface area contributed by atoms with Crippen molar-refractivity contribution in [2.24, 2.45) is 0 Å². The molecular formula is C16H19FNSSe+. The van der Waals surface area contributed by atoms with E-state index < -0.39 is 20.6 Å². The molecule has 0 bridgehead atoms. The molecule has 2 aromatic rings. The Labute approximate surface area is 128 Å². The molecule has 4 heteroatoms. The van der Waals surface area contributed by atoms with E-state index in [2.05, 4.69) is 35.9 Å². The van der Waals surface area contributed by atoms with Gasteiger partial charge in [-0.3, -0.25) is 0 Å². The molecule has 0 saturated carbocycles. The van der Waals surface area contributed by atoms with Gasteiger partial charge in [0.15, 0.2) is 0 Å². The first kappa shape index (κ1) is 15.4. The Morgan fingerprint density at radius 1 is 1.10 bits per heavy atom. The molecule has 0 unspecified atom stereocenters. The number of rotatable bonds is 5. The van der Waals surface area contributed by atoms with Crippen LogP contribution < -0.4 is 5.73 Å². The molecule has 0 amide bonds. The van der Waals surface area contributed by atoms with Gasteiger partial charge in [-0.1, -0.05) is 0 Å². The van der Waals surface area contributed by atoms with Gasteiger partial charge in [-0.25, -0.2) is 0 Å². The molecule has 0 atom stereocenters. The van der Waals surface area contributed by atoms with Crippen LogP contribution in [0.15, 0.2) is 52.3 Å². The molecule has 2 N–H and O–H groups in total. The van der Waals surface area contributed by atoms with E-state index in [9.17, 15) is 4.39 Å². The summed E-state index contributed by atoms with van der Waals surface area (Å²) < 4.78 is 12.6. The third kappa shape index (κ3) is 4.02. The second-order valence-corrected chi connectivity index (χ2v) is 10.7. The Balaban J connectivity index is 2.26. The van der Waals surface area contributed by atoms with Crippen LogP contribution in [0.3, 0.4) is 0 Å². The van der Waals surface area contributed by atoms with Gasteiger partial charge in [-0.15, -0.1) is 0 Å². The van der Waals surface area contributed by atoms with Crippen molar-refractivity contribution < 1.29 is 4.39 Å². The van der Waals surface area contributed by atoms with Gasteiger partial charge in [0.05, 0.1) is 0 Å². The molecule has 106 valence electrons. The van der Waals surface area contributed by atoms with E-state index in [4.69, 9.17) is 5.73 Å². The van der Waals surface area contributed by atoms with Crippen LogP contribution >= 0.6 is 11.8 Å². The van der Waals surface area contributed by atoms with Gasteiger partial charge in [0.25, 0.3) is 0 Å². The number of alkyl halides is 1. The first-order chi connectivity index (χ1) is 9.60. The summed E-state index contributed by atoms with van der Waals surface area (Å²) in [5.41, 5.74) is 8.69. The van der Waals surface area contributed by atoms with Crippen LogP contribution in [0.25, 0.3) is 0 Å². The summed E-state index contributed by atoms with van der Waals surface area (Å²) in [6.45, 7) is -0.468. The molecule has 20 heavy (non-hydrogen) atoms. The molecule has 0 aromatic heterocycles. The van der Waals surface area contributed by atoms with Gasteiger partial charge in [0, 0.05) is 0 Å². The molecule has 1 nitrogen and oxygen atoms in total.